The summed E-state index contributed by atoms with van der Waals surface area (Å²) in [6.45, 7) is 10.4. The number of fused-ring (bicyclic) bond motifs is 2. The highest BCUT2D eigenvalue weighted by Gasteiger charge is 2.46. The Bertz CT molecular complexity index is 250. The molecule has 3 aliphatic rings. The smallest absolute Gasteiger partial charge is 0.225 e. The number of rotatable bonds is 2. The maximum absolute atomic E-state index is 11.8. The molecule has 3 nitrogen and oxygen atoms in total. The van der Waals surface area contributed by atoms with Crippen molar-refractivity contribution in [1.29, 1.82) is 0 Å². The predicted octanol–water partition coefficient (Wildman–Crippen LogP) is 1.34. The molecular formula is C12H22N2O. The number of piperazine rings is 1. The Kier molecular flexibility index (Phi) is 2.75. The first-order valence-corrected chi connectivity index (χ1v) is 6.07. The van der Waals surface area contributed by atoms with Crippen molar-refractivity contribution < 1.29 is 4.79 Å². The Labute approximate surface area is 92.4 Å². The Morgan fingerprint density at radius 1 is 1.13 bits per heavy atom. The summed E-state index contributed by atoms with van der Waals surface area (Å²) in [5.41, 5.74) is 0. The van der Waals surface area contributed by atoms with Crippen molar-refractivity contribution in [3.63, 3.8) is 0 Å². The molecule has 3 heteroatoms. The third-order valence-electron chi connectivity index (χ3n) is 3.65. The SMILES string of the molecule is CC(C)C(=O)N1CC2CC(C1)N2C(C)C. The average Bonchev–Trinajstić information content (AvgIpc) is 2.15. The van der Waals surface area contributed by atoms with Crippen molar-refractivity contribution in [2.24, 2.45) is 5.92 Å². The van der Waals surface area contributed by atoms with E-state index < -0.39 is 0 Å². The van der Waals surface area contributed by atoms with Gasteiger partial charge in [0.2, 0.25) is 5.91 Å². The number of hydrogen-bond acceptors (Lipinski definition) is 2. The second-order valence-corrected chi connectivity index (χ2v) is 5.48. The lowest BCUT2D eigenvalue weighted by Gasteiger charge is -2.58. The molecule has 2 unspecified atom stereocenters. The standard InChI is InChI=1S/C12H22N2O/c1-8(2)12(15)13-6-10-5-11(7-13)14(10)9(3)4/h8-11H,5-7H2,1-4H3. The second-order valence-electron chi connectivity index (χ2n) is 5.48. The third-order valence-corrected chi connectivity index (χ3v) is 3.65. The van der Waals surface area contributed by atoms with Gasteiger partial charge in [0.05, 0.1) is 0 Å². The van der Waals surface area contributed by atoms with Gasteiger partial charge in [0, 0.05) is 37.1 Å². The minimum absolute atomic E-state index is 0.148. The normalized spacial score (nSPS) is 30.9. The van der Waals surface area contributed by atoms with E-state index in [0.29, 0.717) is 24.0 Å². The zero-order valence-corrected chi connectivity index (χ0v) is 10.2. The molecule has 15 heavy (non-hydrogen) atoms. The Morgan fingerprint density at radius 2 is 1.67 bits per heavy atom. The van der Waals surface area contributed by atoms with Crippen LogP contribution in [0.2, 0.25) is 0 Å². The fraction of sp³-hybridized carbons (Fsp3) is 0.917. The monoisotopic (exact) mass is 210 g/mol. The molecule has 2 bridgehead atoms. The first-order valence-electron chi connectivity index (χ1n) is 6.07. The Balaban J connectivity index is 1.95. The van der Waals surface area contributed by atoms with E-state index in [1.165, 1.54) is 6.42 Å². The molecule has 3 heterocycles. The van der Waals surface area contributed by atoms with Crippen molar-refractivity contribution >= 4 is 5.91 Å². The van der Waals surface area contributed by atoms with Gasteiger partial charge in [0.1, 0.15) is 0 Å². The largest absolute Gasteiger partial charge is 0.339 e. The molecule has 0 spiro atoms. The van der Waals surface area contributed by atoms with E-state index in [1.807, 2.05) is 13.8 Å². The van der Waals surface area contributed by atoms with Crippen molar-refractivity contribution in [1.82, 2.24) is 9.80 Å². The van der Waals surface area contributed by atoms with Crippen LogP contribution < -0.4 is 0 Å². The van der Waals surface area contributed by atoms with E-state index in [-0.39, 0.29) is 5.92 Å². The molecule has 0 radical (unpaired) electrons. The van der Waals surface area contributed by atoms with E-state index in [9.17, 15) is 4.79 Å². The quantitative estimate of drug-likeness (QED) is 0.686. The minimum Gasteiger partial charge on any atom is -0.339 e. The lowest BCUT2D eigenvalue weighted by atomic mass is 9.85. The molecule has 0 saturated carbocycles. The van der Waals surface area contributed by atoms with Crippen molar-refractivity contribution in [3.05, 3.63) is 0 Å². The number of carbonyl (C=O) groups excluding carboxylic acids is 1. The molecule has 3 aliphatic heterocycles. The molecule has 0 aromatic rings. The van der Waals surface area contributed by atoms with Crippen LogP contribution >= 0.6 is 0 Å². The third kappa shape index (κ3) is 1.78. The van der Waals surface area contributed by atoms with Crippen molar-refractivity contribution in [2.45, 2.75) is 52.2 Å². The second kappa shape index (κ2) is 3.78. The van der Waals surface area contributed by atoms with Gasteiger partial charge in [-0.15, -0.1) is 0 Å². The van der Waals surface area contributed by atoms with E-state index in [2.05, 4.69) is 23.6 Å². The van der Waals surface area contributed by atoms with E-state index in [1.54, 1.807) is 0 Å². The van der Waals surface area contributed by atoms with Gasteiger partial charge < -0.3 is 4.90 Å². The van der Waals surface area contributed by atoms with Crippen LogP contribution in [0.4, 0.5) is 0 Å². The first-order chi connectivity index (χ1) is 7.00. The van der Waals surface area contributed by atoms with Crippen LogP contribution in [0.25, 0.3) is 0 Å². The maximum Gasteiger partial charge on any atom is 0.225 e. The lowest BCUT2D eigenvalue weighted by Crippen LogP contribution is -2.71. The van der Waals surface area contributed by atoms with Crippen molar-refractivity contribution in [2.75, 3.05) is 13.1 Å². The van der Waals surface area contributed by atoms with E-state index in [0.717, 1.165) is 13.1 Å². The molecule has 3 rings (SSSR count). The summed E-state index contributed by atoms with van der Waals surface area (Å²) in [6, 6.07) is 1.89. The predicted molar refractivity (Wildman–Crippen MR) is 60.6 cm³/mol. The molecule has 0 aromatic heterocycles. The molecule has 3 saturated heterocycles. The topological polar surface area (TPSA) is 23.6 Å². The number of carbonyl (C=O) groups is 1. The molecule has 1 amide bonds. The average molecular weight is 210 g/mol. The minimum atomic E-state index is 0.148. The number of amides is 1. The lowest BCUT2D eigenvalue weighted by molar-refractivity contribution is -0.149. The highest BCUT2D eigenvalue weighted by molar-refractivity contribution is 5.78. The molecule has 2 atom stereocenters. The fourth-order valence-electron chi connectivity index (χ4n) is 3.03. The molecule has 86 valence electrons. The fourth-order valence-corrected chi connectivity index (χ4v) is 3.03. The van der Waals surface area contributed by atoms with Crippen LogP contribution in [-0.4, -0.2) is 46.9 Å². The summed E-state index contributed by atoms with van der Waals surface area (Å²) in [5, 5.41) is 0. The van der Waals surface area contributed by atoms with Gasteiger partial charge in [-0.1, -0.05) is 13.8 Å². The summed E-state index contributed by atoms with van der Waals surface area (Å²) in [4.78, 5) is 16.5. The number of piperidine rings is 1. The van der Waals surface area contributed by atoms with Gasteiger partial charge in [0.15, 0.2) is 0 Å². The molecule has 0 N–H and O–H groups in total. The van der Waals surface area contributed by atoms with E-state index >= 15 is 0 Å². The molecule has 0 aromatic carbocycles. The van der Waals surface area contributed by atoms with Crippen LogP contribution in [-0.2, 0) is 4.79 Å². The molecule has 0 aliphatic carbocycles. The van der Waals surface area contributed by atoms with Gasteiger partial charge in [-0.3, -0.25) is 9.69 Å². The van der Waals surface area contributed by atoms with Crippen LogP contribution in [0, 0.1) is 5.92 Å². The van der Waals surface area contributed by atoms with Crippen LogP contribution in [0.5, 0.6) is 0 Å². The summed E-state index contributed by atoms with van der Waals surface area (Å²) in [6.07, 6.45) is 1.29. The van der Waals surface area contributed by atoms with Gasteiger partial charge in [-0.05, 0) is 20.3 Å². The highest BCUT2D eigenvalue weighted by Crippen LogP contribution is 2.34. The summed E-state index contributed by atoms with van der Waals surface area (Å²) in [5.74, 6) is 0.475. The maximum atomic E-state index is 11.8. The van der Waals surface area contributed by atoms with Crippen LogP contribution in [0.3, 0.4) is 0 Å². The van der Waals surface area contributed by atoms with Crippen molar-refractivity contribution in [3.8, 4) is 0 Å². The van der Waals surface area contributed by atoms with E-state index in [4.69, 9.17) is 0 Å². The molecule has 3 fully saturated rings. The zero-order chi connectivity index (χ0) is 11.2. The van der Waals surface area contributed by atoms with Gasteiger partial charge in [0.25, 0.3) is 0 Å². The van der Waals surface area contributed by atoms with Gasteiger partial charge in [-0.2, -0.15) is 0 Å². The number of hydrogen-bond donors (Lipinski definition) is 0. The highest BCUT2D eigenvalue weighted by atomic mass is 16.2. The molecular weight excluding hydrogens is 188 g/mol. The Hall–Kier alpha value is -0.570. The van der Waals surface area contributed by atoms with Gasteiger partial charge >= 0.3 is 0 Å². The Morgan fingerprint density at radius 3 is 2.07 bits per heavy atom. The zero-order valence-electron chi connectivity index (χ0n) is 10.2. The first kappa shape index (κ1) is 10.9. The summed E-state index contributed by atoms with van der Waals surface area (Å²) in [7, 11) is 0. The van der Waals surface area contributed by atoms with Gasteiger partial charge in [-0.25, -0.2) is 0 Å². The van der Waals surface area contributed by atoms with Crippen LogP contribution in [0.1, 0.15) is 34.1 Å². The summed E-state index contributed by atoms with van der Waals surface area (Å²) >= 11 is 0. The number of nitrogens with zero attached hydrogens (tertiary/aromatic N) is 2. The van der Waals surface area contributed by atoms with Crippen LogP contribution in [0.15, 0.2) is 0 Å². The summed E-state index contributed by atoms with van der Waals surface area (Å²) < 4.78 is 0.